The van der Waals surface area contributed by atoms with E-state index in [0.717, 1.165) is 0 Å². The third kappa shape index (κ3) is 1.88. The molecular formula is C12H15NO4. The molecule has 0 spiro atoms. The van der Waals surface area contributed by atoms with Crippen LogP contribution in [0.3, 0.4) is 0 Å². The number of amides is 1. The Bertz CT molecular complexity index is 440. The monoisotopic (exact) mass is 237 g/mol. The van der Waals surface area contributed by atoms with Crippen LogP contribution in [0.15, 0.2) is 12.1 Å². The van der Waals surface area contributed by atoms with Crippen LogP contribution in [0.1, 0.15) is 24.2 Å². The fourth-order valence-corrected chi connectivity index (χ4v) is 1.81. The van der Waals surface area contributed by atoms with Crippen LogP contribution in [0, 0.1) is 0 Å². The van der Waals surface area contributed by atoms with Crippen LogP contribution >= 0.6 is 0 Å². The second-order valence-electron chi connectivity index (χ2n) is 3.67. The van der Waals surface area contributed by atoms with E-state index in [-0.39, 0.29) is 29.8 Å². The number of fused-ring (bicyclic) bond motifs is 1. The van der Waals surface area contributed by atoms with Crippen molar-refractivity contribution in [3.05, 3.63) is 17.7 Å². The van der Waals surface area contributed by atoms with E-state index in [1.54, 1.807) is 17.0 Å². The highest BCUT2D eigenvalue weighted by molar-refractivity contribution is 5.98. The molecule has 5 heteroatoms. The minimum atomic E-state index is -0.203. The zero-order chi connectivity index (χ0) is 12.4. The summed E-state index contributed by atoms with van der Waals surface area (Å²) in [5.41, 5.74) is 0.248. The smallest absolute Gasteiger partial charge is 0.257 e. The van der Waals surface area contributed by atoms with Crippen molar-refractivity contribution in [3.63, 3.8) is 0 Å². The van der Waals surface area contributed by atoms with Gasteiger partial charge in [0.2, 0.25) is 12.5 Å². The topological polar surface area (TPSA) is 59.0 Å². The van der Waals surface area contributed by atoms with Gasteiger partial charge in [-0.3, -0.25) is 4.79 Å². The molecule has 1 aromatic carbocycles. The van der Waals surface area contributed by atoms with Crippen molar-refractivity contribution in [3.8, 4) is 17.2 Å². The molecule has 1 aliphatic heterocycles. The van der Waals surface area contributed by atoms with Gasteiger partial charge in [-0.2, -0.15) is 0 Å². The van der Waals surface area contributed by atoms with Crippen LogP contribution in [-0.4, -0.2) is 35.8 Å². The van der Waals surface area contributed by atoms with Gasteiger partial charge < -0.3 is 19.5 Å². The molecule has 1 heterocycles. The standard InChI is InChI=1S/C12H15NO4/c1-3-13(4-2)12(15)8-5-6-9-11(10(8)14)17-7-16-9/h5-6,14H,3-4,7H2,1-2H3. The number of hydrogen-bond acceptors (Lipinski definition) is 4. The molecule has 0 bridgehead atoms. The summed E-state index contributed by atoms with van der Waals surface area (Å²) in [6.45, 7) is 5.06. The van der Waals surface area contributed by atoms with Crippen LogP contribution in [0.25, 0.3) is 0 Å². The molecule has 2 rings (SSSR count). The first-order chi connectivity index (χ1) is 8.19. The van der Waals surface area contributed by atoms with Gasteiger partial charge in [0.25, 0.3) is 5.91 Å². The molecular weight excluding hydrogens is 222 g/mol. The van der Waals surface area contributed by atoms with Crippen LogP contribution in [-0.2, 0) is 0 Å². The van der Waals surface area contributed by atoms with Gasteiger partial charge in [0, 0.05) is 13.1 Å². The summed E-state index contributed by atoms with van der Waals surface area (Å²) in [4.78, 5) is 13.7. The zero-order valence-corrected chi connectivity index (χ0v) is 9.90. The van der Waals surface area contributed by atoms with Crippen molar-refractivity contribution < 1.29 is 19.4 Å². The summed E-state index contributed by atoms with van der Waals surface area (Å²) in [6.07, 6.45) is 0. The predicted octanol–water partition coefficient (Wildman–Crippen LogP) is 1.60. The van der Waals surface area contributed by atoms with E-state index in [1.165, 1.54) is 0 Å². The maximum atomic E-state index is 12.1. The summed E-state index contributed by atoms with van der Waals surface area (Å²) >= 11 is 0. The summed E-state index contributed by atoms with van der Waals surface area (Å²) in [5, 5.41) is 9.97. The molecule has 17 heavy (non-hydrogen) atoms. The van der Waals surface area contributed by atoms with Crippen molar-refractivity contribution in [1.82, 2.24) is 4.90 Å². The Hall–Kier alpha value is -1.91. The largest absolute Gasteiger partial charge is 0.504 e. The number of rotatable bonds is 3. The summed E-state index contributed by atoms with van der Waals surface area (Å²) in [6, 6.07) is 3.20. The van der Waals surface area contributed by atoms with Gasteiger partial charge in [-0.05, 0) is 26.0 Å². The summed E-state index contributed by atoms with van der Waals surface area (Å²) in [7, 11) is 0. The lowest BCUT2D eigenvalue weighted by molar-refractivity contribution is 0.0769. The molecule has 1 amide bonds. The minimum Gasteiger partial charge on any atom is -0.504 e. The van der Waals surface area contributed by atoms with Gasteiger partial charge in [0.05, 0.1) is 5.56 Å². The highest BCUT2D eigenvalue weighted by Gasteiger charge is 2.25. The highest BCUT2D eigenvalue weighted by Crippen LogP contribution is 2.42. The molecule has 92 valence electrons. The molecule has 0 radical (unpaired) electrons. The molecule has 0 atom stereocenters. The van der Waals surface area contributed by atoms with Crippen molar-refractivity contribution in [2.24, 2.45) is 0 Å². The highest BCUT2D eigenvalue weighted by atomic mass is 16.7. The number of carbonyl (C=O) groups is 1. The fourth-order valence-electron chi connectivity index (χ4n) is 1.81. The Morgan fingerprint density at radius 2 is 2.06 bits per heavy atom. The first-order valence-electron chi connectivity index (χ1n) is 5.59. The van der Waals surface area contributed by atoms with Crippen LogP contribution in [0.2, 0.25) is 0 Å². The molecule has 0 saturated heterocycles. The van der Waals surface area contributed by atoms with Gasteiger partial charge in [0.15, 0.2) is 11.5 Å². The molecule has 5 nitrogen and oxygen atoms in total. The molecule has 0 aliphatic carbocycles. The lowest BCUT2D eigenvalue weighted by atomic mass is 10.1. The van der Waals surface area contributed by atoms with E-state index in [0.29, 0.717) is 18.8 Å². The van der Waals surface area contributed by atoms with E-state index in [2.05, 4.69) is 0 Å². The van der Waals surface area contributed by atoms with Crippen LogP contribution < -0.4 is 9.47 Å². The Kier molecular flexibility index (Phi) is 3.08. The lowest BCUT2D eigenvalue weighted by Gasteiger charge is -2.19. The third-order valence-electron chi connectivity index (χ3n) is 2.79. The second kappa shape index (κ2) is 4.53. The number of nitrogens with zero attached hydrogens (tertiary/aromatic N) is 1. The van der Waals surface area contributed by atoms with Gasteiger partial charge in [-0.1, -0.05) is 0 Å². The van der Waals surface area contributed by atoms with Crippen molar-refractivity contribution in [2.75, 3.05) is 19.9 Å². The number of aromatic hydroxyl groups is 1. The Balaban J connectivity index is 2.37. The number of ether oxygens (including phenoxy) is 2. The first-order valence-corrected chi connectivity index (χ1v) is 5.59. The molecule has 0 unspecified atom stereocenters. The van der Waals surface area contributed by atoms with Gasteiger partial charge >= 0.3 is 0 Å². The predicted molar refractivity (Wildman–Crippen MR) is 61.5 cm³/mol. The maximum absolute atomic E-state index is 12.1. The van der Waals surface area contributed by atoms with Crippen molar-refractivity contribution in [2.45, 2.75) is 13.8 Å². The molecule has 0 aromatic heterocycles. The number of carbonyl (C=O) groups excluding carboxylic acids is 1. The van der Waals surface area contributed by atoms with Gasteiger partial charge in [-0.15, -0.1) is 0 Å². The van der Waals surface area contributed by atoms with E-state index < -0.39 is 0 Å². The first kappa shape index (κ1) is 11.6. The zero-order valence-electron chi connectivity index (χ0n) is 9.90. The number of phenols is 1. The van der Waals surface area contributed by atoms with Crippen molar-refractivity contribution >= 4 is 5.91 Å². The molecule has 0 fully saturated rings. The average Bonchev–Trinajstić information content (AvgIpc) is 2.80. The summed E-state index contributed by atoms with van der Waals surface area (Å²) in [5.74, 6) is 0.379. The number of benzene rings is 1. The second-order valence-corrected chi connectivity index (χ2v) is 3.67. The fraction of sp³-hybridized carbons (Fsp3) is 0.417. The molecule has 1 aromatic rings. The lowest BCUT2D eigenvalue weighted by Crippen LogP contribution is -2.30. The Labute approximate surface area is 99.6 Å². The minimum absolute atomic E-state index is 0.0752. The van der Waals surface area contributed by atoms with Crippen LogP contribution in [0.4, 0.5) is 0 Å². The number of phenolic OH excluding ortho intramolecular Hbond substituents is 1. The quantitative estimate of drug-likeness (QED) is 0.867. The molecule has 1 N–H and O–H groups in total. The molecule has 1 aliphatic rings. The third-order valence-corrected chi connectivity index (χ3v) is 2.79. The van der Waals surface area contributed by atoms with E-state index in [9.17, 15) is 9.90 Å². The van der Waals surface area contributed by atoms with Crippen molar-refractivity contribution in [1.29, 1.82) is 0 Å². The van der Waals surface area contributed by atoms with Gasteiger partial charge in [0.1, 0.15) is 0 Å². The summed E-state index contributed by atoms with van der Waals surface area (Å²) < 4.78 is 10.2. The Morgan fingerprint density at radius 1 is 1.35 bits per heavy atom. The Morgan fingerprint density at radius 3 is 2.71 bits per heavy atom. The normalized spacial score (nSPS) is 12.6. The van der Waals surface area contributed by atoms with Crippen LogP contribution in [0.5, 0.6) is 17.2 Å². The van der Waals surface area contributed by atoms with Gasteiger partial charge in [-0.25, -0.2) is 0 Å². The maximum Gasteiger partial charge on any atom is 0.257 e. The average molecular weight is 237 g/mol. The molecule has 0 saturated carbocycles. The SMILES string of the molecule is CCN(CC)C(=O)c1ccc2c(c1O)OCO2. The van der Waals surface area contributed by atoms with E-state index >= 15 is 0 Å². The van der Waals surface area contributed by atoms with E-state index in [4.69, 9.17) is 9.47 Å². The van der Waals surface area contributed by atoms with E-state index in [1.807, 2.05) is 13.8 Å². The number of hydrogen-bond donors (Lipinski definition) is 1.